The van der Waals surface area contributed by atoms with Crippen LogP contribution in [0.1, 0.15) is 5.56 Å². The summed E-state index contributed by atoms with van der Waals surface area (Å²) in [5.74, 6) is -1.52. The molecule has 2 aromatic heterocycles. The normalized spacial score (nSPS) is 11.0. The van der Waals surface area contributed by atoms with E-state index in [2.05, 4.69) is 20.3 Å². The third kappa shape index (κ3) is 3.05. The molecule has 0 unspecified atom stereocenters. The first-order valence-corrected chi connectivity index (χ1v) is 8.53. The first-order chi connectivity index (χ1) is 13.5. The van der Waals surface area contributed by atoms with Gasteiger partial charge >= 0.3 is 0 Å². The van der Waals surface area contributed by atoms with Crippen LogP contribution in [0.2, 0.25) is 0 Å². The van der Waals surface area contributed by atoms with Crippen molar-refractivity contribution in [3.8, 4) is 22.5 Å². The highest BCUT2D eigenvalue weighted by atomic mass is 19.1. The Morgan fingerprint density at radius 2 is 1.64 bits per heavy atom. The fourth-order valence-electron chi connectivity index (χ4n) is 3.12. The van der Waals surface area contributed by atoms with Gasteiger partial charge in [-0.05, 0) is 48.4 Å². The van der Waals surface area contributed by atoms with Crippen LogP contribution in [0.25, 0.3) is 33.4 Å². The Labute approximate surface area is 159 Å². The van der Waals surface area contributed by atoms with E-state index >= 15 is 4.39 Å². The van der Waals surface area contributed by atoms with E-state index in [0.717, 1.165) is 29.3 Å². The molecule has 0 amide bonds. The van der Waals surface area contributed by atoms with Crippen LogP contribution in [0.3, 0.4) is 0 Å². The second kappa shape index (κ2) is 6.92. The molecular weight excluding hydrogens is 365 g/mol. The number of benzene rings is 2. The van der Waals surface area contributed by atoms with E-state index in [0.29, 0.717) is 11.3 Å². The highest BCUT2D eigenvalue weighted by molar-refractivity contribution is 5.94. The Morgan fingerprint density at radius 1 is 0.893 bits per heavy atom. The second-order valence-corrected chi connectivity index (χ2v) is 6.32. The topological polar surface area (TPSA) is 50.7 Å². The number of hydrogen-bond acceptors (Lipinski definition) is 4. The molecule has 4 aromatic rings. The summed E-state index contributed by atoms with van der Waals surface area (Å²) in [4.78, 5) is 13.0. The van der Waals surface area contributed by atoms with Gasteiger partial charge in [-0.2, -0.15) is 0 Å². The van der Waals surface area contributed by atoms with Crippen LogP contribution in [0.15, 0.2) is 48.8 Å². The van der Waals surface area contributed by atoms with E-state index in [1.807, 2.05) is 13.0 Å². The van der Waals surface area contributed by atoms with Crippen LogP contribution in [-0.2, 0) is 0 Å². The molecule has 0 bridgehead atoms. The van der Waals surface area contributed by atoms with Gasteiger partial charge < -0.3 is 5.32 Å². The third-order valence-corrected chi connectivity index (χ3v) is 4.49. The summed E-state index contributed by atoms with van der Waals surface area (Å²) in [5, 5.41) is 3.03. The van der Waals surface area contributed by atoms with Gasteiger partial charge in [-0.25, -0.2) is 23.1 Å². The summed E-state index contributed by atoms with van der Waals surface area (Å²) in [7, 11) is 1.62. The van der Waals surface area contributed by atoms with Gasteiger partial charge in [0.2, 0.25) is 0 Å². The molecule has 2 heterocycles. The van der Waals surface area contributed by atoms with Crippen molar-refractivity contribution in [2.75, 3.05) is 12.4 Å². The van der Waals surface area contributed by atoms with Crippen LogP contribution in [0.4, 0.5) is 19.0 Å². The smallest absolute Gasteiger partial charge is 0.163 e. The maximum absolute atomic E-state index is 15.3. The number of aryl methyl sites for hydroxylation is 1. The Kier molecular flexibility index (Phi) is 4.43. The largest absolute Gasteiger partial charge is 0.372 e. The molecule has 1 N–H and O–H groups in total. The van der Waals surface area contributed by atoms with Crippen molar-refractivity contribution in [3.63, 3.8) is 0 Å². The molecule has 0 spiro atoms. The number of hydrogen-bond donors (Lipinski definition) is 1. The number of halogens is 3. The van der Waals surface area contributed by atoms with E-state index in [9.17, 15) is 8.78 Å². The molecule has 0 fully saturated rings. The van der Waals surface area contributed by atoms with Crippen molar-refractivity contribution in [2.24, 2.45) is 0 Å². The van der Waals surface area contributed by atoms with E-state index < -0.39 is 17.5 Å². The number of pyridine rings is 1. The lowest BCUT2D eigenvalue weighted by Crippen LogP contribution is -2.02. The van der Waals surface area contributed by atoms with Crippen LogP contribution in [0, 0.1) is 24.4 Å². The van der Waals surface area contributed by atoms with Gasteiger partial charge in [0, 0.05) is 36.6 Å². The van der Waals surface area contributed by atoms with E-state index in [4.69, 9.17) is 0 Å². The lowest BCUT2D eigenvalue weighted by atomic mass is 10.0. The first kappa shape index (κ1) is 17.9. The van der Waals surface area contributed by atoms with E-state index in [1.165, 1.54) is 6.07 Å². The van der Waals surface area contributed by atoms with Gasteiger partial charge in [0.1, 0.15) is 23.3 Å². The number of nitrogens with one attached hydrogen (secondary N) is 1. The zero-order valence-corrected chi connectivity index (χ0v) is 15.1. The van der Waals surface area contributed by atoms with Crippen molar-refractivity contribution in [1.29, 1.82) is 0 Å². The Hall–Kier alpha value is -3.48. The summed E-state index contributed by atoms with van der Waals surface area (Å²) < 4.78 is 42.5. The Bertz CT molecular complexity index is 1190. The molecule has 28 heavy (non-hydrogen) atoms. The molecule has 7 heteroatoms. The minimum absolute atomic E-state index is 0.0660. The Morgan fingerprint density at radius 3 is 2.32 bits per heavy atom. The van der Waals surface area contributed by atoms with Crippen LogP contribution in [0.5, 0.6) is 0 Å². The zero-order chi connectivity index (χ0) is 19.8. The highest BCUT2D eigenvalue weighted by Gasteiger charge is 2.18. The van der Waals surface area contributed by atoms with Crippen LogP contribution in [-0.4, -0.2) is 22.0 Å². The van der Waals surface area contributed by atoms with Crippen molar-refractivity contribution in [3.05, 3.63) is 71.8 Å². The monoisotopic (exact) mass is 380 g/mol. The molecule has 0 atom stereocenters. The average molecular weight is 380 g/mol. The molecule has 4 nitrogen and oxygen atoms in total. The molecule has 140 valence electrons. The number of aromatic nitrogens is 3. The molecule has 0 aliphatic rings. The lowest BCUT2D eigenvalue weighted by molar-refractivity contribution is 0.583. The maximum Gasteiger partial charge on any atom is 0.163 e. The molecule has 0 aliphatic heterocycles. The van der Waals surface area contributed by atoms with Crippen LogP contribution >= 0.6 is 0 Å². The highest BCUT2D eigenvalue weighted by Crippen LogP contribution is 2.34. The molecule has 2 aromatic carbocycles. The molecular formula is C21H15F3N4. The fraction of sp³-hybridized carbons (Fsp3) is 0.0952. The summed E-state index contributed by atoms with van der Waals surface area (Å²) >= 11 is 0. The SMILES string of the molecule is CNc1nc(-c2cnccc2C)nc2ccc(-c3cc(F)cc(F)c3)c(F)c12. The molecule has 0 saturated heterocycles. The van der Waals surface area contributed by atoms with Gasteiger partial charge in [-0.1, -0.05) is 0 Å². The minimum Gasteiger partial charge on any atom is -0.372 e. The number of fused-ring (bicyclic) bond motifs is 1. The number of anilines is 1. The van der Waals surface area contributed by atoms with Crippen molar-refractivity contribution in [1.82, 2.24) is 15.0 Å². The van der Waals surface area contributed by atoms with Gasteiger partial charge in [0.25, 0.3) is 0 Å². The summed E-state index contributed by atoms with van der Waals surface area (Å²) in [6, 6.07) is 7.81. The maximum atomic E-state index is 15.3. The number of nitrogens with zero attached hydrogens (tertiary/aromatic N) is 3. The summed E-state index contributed by atoms with van der Waals surface area (Å²) in [6.45, 7) is 1.91. The first-order valence-electron chi connectivity index (χ1n) is 8.53. The zero-order valence-electron chi connectivity index (χ0n) is 15.1. The summed E-state index contributed by atoms with van der Waals surface area (Å²) in [6.07, 6.45) is 3.32. The van der Waals surface area contributed by atoms with Crippen LogP contribution < -0.4 is 5.32 Å². The fourth-order valence-corrected chi connectivity index (χ4v) is 3.12. The van der Waals surface area contributed by atoms with E-state index in [1.54, 1.807) is 25.5 Å². The quantitative estimate of drug-likeness (QED) is 0.536. The molecule has 0 saturated carbocycles. The van der Waals surface area contributed by atoms with Crippen molar-refractivity contribution in [2.45, 2.75) is 6.92 Å². The van der Waals surface area contributed by atoms with Crippen molar-refractivity contribution < 1.29 is 13.2 Å². The van der Waals surface area contributed by atoms with E-state index in [-0.39, 0.29) is 22.3 Å². The molecule has 0 aliphatic carbocycles. The average Bonchev–Trinajstić information content (AvgIpc) is 2.67. The molecule has 4 rings (SSSR count). The van der Waals surface area contributed by atoms with Gasteiger partial charge in [0.15, 0.2) is 5.82 Å². The third-order valence-electron chi connectivity index (χ3n) is 4.49. The van der Waals surface area contributed by atoms with Gasteiger partial charge in [0.05, 0.1) is 10.9 Å². The predicted molar refractivity (Wildman–Crippen MR) is 102 cm³/mol. The number of rotatable bonds is 3. The summed E-state index contributed by atoms with van der Waals surface area (Å²) in [5.41, 5.74) is 2.21. The minimum atomic E-state index is -0.776. The molecule has 0 radical (unpaired) electrons. The Balaban J connectivity index is 1.96. The standard InChI is InChI=1S/C21H15F3N4/c1-11-5-6-26-10-16(11)20-27-17-4-3-15(12-7-13(22)9-14(23)8-12)19(24)18(17)21(25-2)28-20/h3-10H,1-2H3,(H,25,27,28). The van der Waals surface area contributed by atoms with Gasteiger partial charge in [-0.3, -0.25) is 4.98 Å². The predicted octanol–water partition coefficient (Wildman–Crippen LogP) is 5.13. The van der Waals surface area contributed by atoms with Gasteiger partial charge in [-0.15, -0.1) is 0 Å². The second-order valence-electron chi connectivity index (χ2n) is 6.32. The lowest BCUT2D eigenvalue weighted by Gasteiger charge is -2.12. The van der Waals surface area contributed by atoms with Crippen molar-refractivity contribution >= 4 is 16.7 Å².